The number of nitrogens with one attached hydrogen (secondary N) is 1. The Morgan fingerprint density at radius 2 is 1.61 bits per heavy atom. The number of carbonyl (C=O) groups is 4. The number of Topliss-reactive ketones (excluding diaryl/α,β-unsaturated/α-hetero) is 1. The van der Waals surface area contributed by atoms with E-state index in [0.29, 0.717) is 43.8 Å². The van der Waals surface area contributed by atoms with Gasteiger partial charge in [-0.2, -0.15) is 0 Å². The lowest BCUT2D eigenvalue weighted by Crippen LogP contribution is -2.66. The van der Waals surface area contributed by atoms with Crippen LogP contribution in [0.15, 0.2) is 11.1 Å². The third-order valence-electron chi connectivity index (χ3n) is 16.9. The lowest BCUT2D eigenvalue weighted by Gasteiger charge is -2.72. The molecule has 0 spiro atoms. The molecule has 0 heterocycles. The summed E-state index contributed by atoms with van der Waals surface area (Å²) in [5, 5.41) is 25.1. The van der Waals surface area contributed by atoms with Crippen molar-refractivity contribution < 1.29 is 34.1 Å². The summed E-state index contributed by atoms with van der Waals surface area (Å²) in [5.74, 6) is 0.615. The van der Waals surface area contributed by atoms with Gasteiger partial charge in [0.2, 0.25) is 5.91 Å². The Balaban J connectivity index is 1.27. The Hall–Kier alpha value is -2.26. The maximum atomic E-state index is 14.2. The molecule has 2 unspecified atom stereocenters. The molecule has 0 aliphatic heterocycles. The van der Waals surface area contributed by atoms with Crippen molar-refractivity contribution in [2.45, 2.75) is 158 Å². The highest BCUT2D eigenvalue weighted by molar-refractivity contribution is 6.00. The molecule has 9 atom stereocenters. The van der Waals surface area contributed by atoms with E-state index in [1.807, 2.05) is 0 Å². The smallest absolute Gasteiger partial charge is 0.309 e. The van der Waals surface area contributed by atoms with Crippen LogP contribution < -0.4 is 5.32 Å². The fourth-order valence-corrected chi connectivity index (χ4v) is 13.6. The van der Waals surface area contributed by atoms with Crippen LogP contribution in [0.5, 0.6) is 0 Å². The third kappa shape index (κ3) is 6.81. The number of ketones is 1. The first-order chi connectivity index (χ1) is 25.0. The van der Waals surface area contributed by atoms with Crippen molar-refractivity contribution in [1.29, 1.82) is 0 Å². The van der Waals surface area contributed by atoms with Gasteiger partial charge in [-0.1, -0.05) is 54.0 Å². The number of carboxylic acids is 1. The monoisotopic (exact) mass is 753 g/mol. The second-order valence-electron chi connectivity index (χ2n) is 21.3. The average Bonchev–Trinajstić information content (AvgIpc) is 3.81. The molecule has 0 aromatic rings. The molecule has 304 valence electrons. The molecule has 1 amide bonds. The van der Waals surface area contributed by atoms with E-state index in [1.54, 1.807) is 20.8 Å². The number of fused-ring (bicyclic) bond motifs is 7. The zero-order chi connectivity index (χ0) is 39.8. The number of aliphatic hydroxyl groups excluding tert-OH is 1. The normalized spacial score (nSPS) is 38.0. The second-order valence-corrected chi connectivity index (χ2v) is 21.3. The van der Waals surface area contributed by atoms with Crippen LogP contribution in [0, 0.1) is 62.1 Å². The van der Waals surface area contributed by atoms with Crippen LogP contribution >= 0.6 is 0 Å². The van der Waals surface area contributed by atoms with Crippen LogP contribution in [-0.4, -0.2) is 77.1 Å². The molecule has 6 rings (SSSR count). The van der Waals surface area contributed by atoms with Gasteiger partial charge in [0.1, 0.15) is 6.10 Å². The summed E-state index contributed by atoms with van der Waals surface area (Å²) in [7, 11) is 0. The van der Waals surface area contributed by atoms with E-state index >= 15 is 0 Å². The van der Waals surface area contributed by atoms with Gasteiger partial charge < -0.3 is 20.3 Å². The van der Waals surface area contributed by atoms with E-state index in [1.165, 1.54) is 18.4 Å². The van der Waals surface area contributed by atoms with Crippen LogP contribution in [0.1, 0.15) is 146 Å². The third-order valence-corrected chi connectivity index (χ3v) is 16.9. The van der Waals surface area contributed by atoms with E-state index < -0.39 is 28.9 Å². The van der Waals surface area contributed by atoms with E-state index in [2.05, 4.69) is 58.7 Å². The van der Waals surface area contributed by atoms with Crippen LogP contribution in [0.3, 0.4) is 0 Å². The zero-order valence-electron chi connectivity index (χ0n) is 35.2. The molecule has 0 saturated heterocycles. The second kappa shape index (κ2) is 14.3. The van der Waals surface area contributed by atoms with Crippen LogP contribution in [-0.2, 0) is 23.9 Å². The molecular weight excluding hydrogens is 681 g/mol. The summed E-state index contributed by atoms with van der Waals surface area (Å²) in [5.41, 5.74) is 0.399. The number of amides is 1. The first kappa shape index (κ1) is 41.4. The molecule has 5 saturated carbocycles. The summed E-state index contributed by atoms with van der Waals surface area (Å²) in [6.07, 6.45) is 9.58. The molecule has 0 radical (unpaired) electrons. The molecule has 5 fully saturated rings. The molecule has 0 bridgehead atoms. The minimum absolute atomic E-state index is 0.0256. The Morgan fingerprint density at radius 3 is 2.22 bits per heavy atom. The number of allylic oxidation sites excluding steroid dienone is 1. The Labute approximate surface area is 325 Å². The molecule has 0 aromatic carbocycles. The molecular formula is C45H72N2O7. The van der Waals surface area contributed by atoms with Gasteiger partial charge in [0.25, 0.3) is 0 Å². The van der Waals surface area contributed by atoms with Crippen LogP contribution in [0.4, 0.5) is 0 Å². The van der Waals surface area contributed by atoms with Gasteiger partial charge in [-0.25, -0.2) is 0 Å². The number of carbonyl (C=O) groups excluding carboxylic acids is 3. The summed E-state index contributed by atoms with van der Waals surface area (Å²) in [6, 6.07) is 0. The predicted molar refractivity (Wildman–Crippen MR) is 209 cm³/mol. The number of carboxylic acid groups (broad SMARTS) is 1. The van der Waals surface area contributed by atoms with Crippen LogP contribution in [0.25, 0.3) is 0 Å². The van der Waals surface area contributed by atoms with Gasteiger partial charge in [-0.15, -0.1) is 0 Å². The Bertz CT molecular complexity index is 1550. The summed E-state index contributed by atoms with van der Waals surface area (Å²) >= 11 is 0. The Kier molecular flexibility index (Phi) is 10.9. The van der Waals surface area contributed by atoms with E-state index in [4.69, 9.17) is 4.74 Å². The highest BCUT2D eigenvalue weighted by atomic mass is 16.5. The average molecular weight is 753 g/mol. The highest BCUT2D eigenvalue weighted by Crippen LogP contribution is 2.77. The first-order valence-electron chi connectivity index (χ1n) is 21.4. The number of hydrogen-bond acceptors (Lipinski definition) is 7. The van der Waals surface area contributed by atoms with Gasteiger partial charge in [-0.3, -0.25) is 24.1 Å². The van der Waals surface area contributed by atoms with Crippen molar-refractivity contribution in [3.63, 3.8) is 0 Å². The minimum Gasteiger partial charge on any atom is -0.481 e. The summed E-state index contributed by atoms with van der Waals surface area (Å²) in [4.78, 5) is 53.1. The highest BCUT2D eigenvalue weighted by Gasteiger charge is 2.71. The maximum Gasteiger partial charge on any atom is 0.309 e. The number of hydrogen-bond donors (Lipinski definition) is 3. The van der Waals surface area contributed by atoms with Gasteiger partial charge in [0.15, 0.2) is 5.78 Å². The summed E-state index contributed by atoms with van der Waals surface area (Å²) < 4.78 is 6.18. The van der Waals surface area contributed by atoms with Gasteiger partial charge in [0, 0.05) is 50.4 Å². The lowest BCUT2D eigenvalue weighted by molar-refractivity contribution is -0.235. The van der Waals surface area contributed by atoms with Gasteiger partial charge in [-0.05, 0) is 129 Å². The van der Waals surface area contributed by atoms with E-state index in [9.17, 15) is 29.4 Å². The van der Waals surface area contributed by atoms with Crippen molar-refractivity contribution in [1.82, 2.24) is 10.2 Å². The quantitative estimate of drug-likeness (QED) is 0.164. The number of rotatable bonds is 13. The van der Waals surface area contributed by atoms with Crippen molar-refractivity contribution in [3.8, 4) is 0 Å². The number of esters is 1. The van der Waals surface area contributed by atoms with Crippen molar-refractivity contribution in [2.24, 2.45) is 62.1 Å². The first-order valence-corrected chi connectivity index (χ1v) is 21.4. The predicted octanol–water partition coefficient (Wildman–Crippen LogP) is 7.59. The fraction of sp³-hybridized carbons (Fsp3) is 0.867. The van der Waals surface area contributed by atoms with E-state index in [-0.39, 0.29) is 57.7 Å². The summed E-state index contributed by atoms with van der Waals surface area (Å²) in [6.45, 7) is 23.9. The van der Waals surface area contributed by atoms with Crippen molar-refractivity contribution >= 4 is 23.6 Å². The van der Waals surface area contributed by atoms with Crippen molar-refractivity contribution in [3.05, 3.63) is 11.1 Å². The largest absolute Gasteiger partial charge is 0.481 e. The molecule has 3 N–H and O–H groups in total. The van der Waals surface area contributed by atoms with E-state index in [0.717, 1.165) is 63.5 Å². The fourth-order valence-electron chi connectivity index (χ4n) is 13.6. The molecule has 9 nitrogen and oxygen atoms in total. The molecule has 54 heavy (non-hydrogen) atoms. The maximum absolute atomic E-state index is 14.2. The standard InChI is InChI=1S/C45H72N2O7/c1-27(2)37-31(49)23-45(34(50)26-47(25-29-11-12-29)22-21-46-28(3)48)20-19-43(9)30(38(37)45)13-14-33-42(8)17-16-35(54-36(51)24-40(4,5)39(52)53)41(6,7)32(42)15-18-44(33,43)10/h27,29-30,32-35,50H,11-26H2,1-10H3,(H,46,48)(H,52,53)/t30-,32+,33-,34?,35+,42+,43-,44-,45?/m1/s1. The van der Waals surface area contributed by atoms with Crippen LogP contribution in [0.2, 0.25) is 0 Å². The molecule has 6 aliphatic rings. The molecule has 6 aliphatic carbocycles. The minimum atomic E-state index is -1.17. The lowest BCUT2D eigenvalue weighted by atomic mass is 9.33. The SMILES string of the molecule is CC(=O)NCCN(CC1CC1)CC(O)C12CC[C@]3(C)[C@H](CC[C@@H]4[C@@]5(C)CC[C@H](OC(=O)CC(C)(C)C(=O)O)C(C)(C)[C@@H]5CC[C@]43C)C1=C(C(C)C)C(=O)C2. The van der Waals surface area contributed by atoms with Gasteiger partial charge >= 0.3 is 11.9 Å². The molecule has 9 heteroatoms. The number of ether oxygens (including phenoxy) is 1. The Morgan fingerprint density at radius 1 is 0.926 bits per heavy atom. The number of aliphatic carboxylic acids is 1. The topological polar surface area (TPSA) is 133 Å². The van der Waals surface area contributed by atoms with Gasteiger partial charge in [0.05, 0.1) is 17.9 Å². The zero-order valence-corrected chi connectivity index (χ0v) is 35.2. The van der Waals surface area contributed by atoms with Crippen molar-refractivity contribution in [2.75, 3.05) is 26.2 Å². The number of nitrogens with zero attached hydrogens (tertiary/aromatic N) is 1. The molecule has 0 aromatic heterocycles. The number of aliphatic hydroxyl groups is 1.